The summed E-state index contributed by atoms with van der Waals surface area (Å²) in [5, 5.41) is 2.99. The second-order valence-electron chi connectivity index (χ2n) is 5.36. The zero-order valence-corrected chi connectivity index (χ0v) is 9.86. The van der Waals surface area contributed by atoms with Crippen LogP contribution in [0.2, 0.25) is 0 Å². The summed E-state index contributed by atoms with van der Waals surface area (Å²) < 4.78 is 11.7. The third-order valence-electron chi connectivity index (χ3n) is 4.75. The van der Waals surface area contributed by atoms with E-state index in [0.29, 0.717) is 31.0 Å². The predicted octanol–water partition coefficient (Wildman–Crippen LogP) is 0.768. The van der Waals surface area contributed by atoms with Gasteiger partial charge in [0.1, 0.15) is 0 Å². The molecule has 2 heterocycles. The molecular formula is C12H19NO3. The van der Waals surface area contributed by atoms with Crippen molar-refractivity contribution in [1.29, 1.82) is 0 Å². The SMILES string of the molecule is C[C@@H]1C(=O)NC[C@@H]2[C@H]1CC1(OCCO1)[C@H]2C. The Morgan fingerprint density at radius 3 is 2.62 bits per heavy atom. The Labute approximate surface area is 95.7 Å². The Kier molecular flexibility index (Phi) is 2.27. The molecule has 16 heavy (non-hydrogen) atoms. The summed E-state index contributed by atoms with van der Waals surface area (Å²) in [6, 6.07) is 0. The summed E-state index contributed by atoms with van der Waals surface area (Å²) in [5.41, 5.74) is 0. The summed E-state index contributed by atoms with van der Waals surface area (Å²) in [4.78, 5) is 11.7. The molecule has 4 atom stereocenters. The summed E-state index contributed by atoms with van der Waals surface area (Å²) in [6.45, 7) is 6.38. The number of piperidine rings is 1. The minimum atomic E-state index is -0.393. The van der Waals surface area contributed by atoms with Crippen molar-refractivity contribution in [1.82, 2.24) is 5.32 Å². The molecule has 1 N–H and O–H groups in total. The molecular weight excluding hydrogens is 206 g/mol. The molecule has 1 saturated carbocycles. The van der Waals surface area contributed by atoms with Crippen molar-refractivity contribution < 1.29 is 14.3 Å². The molecule has 4 nitrogen and oxygen atoms in total. The van der Waals surface area contributed by atoms with Gasteiger partial charge in [-0.2, -0.15) is 0 Å². The van der Waals surface area contributed by atoms with Crippen LogP contribution in [0.4, 0.5) is 0 Å². The van der Waals surface area contributed by atoms with Crippen molar-refractivity contribution in [2.24, 2.45) is 23.7 Å². The van der Waals surface area contributed by atoms with Gasteiger partial charge < -0.3 is 14.8 Å². The number of amides is 1. The molecule has 2 saturated heterocycles. The molecule has 4 heteroatoms. The number of carbonyl (C=O) groups excluding carboxylic acids is 1. The highest BCUT2D eigenvalue weighted by Gasteiger charge is 2.58. The van der Waals surface area contributed by atoms with Gasteiger partial charge in [-0.25, -0.2) is 0 Å². The average molecular weight is 225 g/mol. The first-order chi connectivity index (χ1) is 7.64. The highest BCUT2D eigenvalue weighted by molar-refractivity contribution is 5.79. The maximum absolute atomic E-state index is 11.7. The van der Waals surface area contributed by atoms with Gasteiger partial charge in [0.25, 0.3) is 0 Å². The molecule has 0 radical (unpaired) electrons. The molecule has 1 amide bonds. The Hall–Kier alpha value is -0.610. The fourth-order valence-corrected chi connectivity index (χ4v) is 3.66. The topological polar surface area (TPSA) is 47.6 Å². The van der Waals surface area contributed by atoms with Crippen molar-refractivity contribution in [2.75, 3.05) is 19.8 Å². The zero-order valence-electron chi connectivity index (χ0n) is 9.86. The number of ether oxygens (including phenoxy) is 2. The summed E-state index contributed by atoms with van der Waals surface area (Å²) in [7, 11) is 0. The van der Waals surface area contributed by atoms with E-state index in [0.717, 1.165) is 13.0 Å². The molecule has 1 spiro atoms. The van der Waals surface area contributed by atoms with Crippen LogP contribution in [0.3, 0.4) is 0 Å². The first-order valence-electron chi connectivity index (χ1n) is 6.20. The van der Waals surface area contributed by atoms with Crippen LogP contribution in [0.5, 0.6) is 0 Å². The van der Waals surface area contributed by atoms with E-state index in [2.05, 4.69) is 12.2 Å². The molecule has 0 aromatic carbocycles. The standard InChI is InChI=1S/C12H19NO3/c1-7-9-5-12(15-3-4-16-12)8(2)10(9)6-13-11(7)14/h7-10H,3-6H2,1-2H3,(H,13,14)/t7-,8-,9-,10-/m0/s1. The lowest BCUT2D eigenvalue weighted by Crippen LogP contribution is -2.46. The first kappa shape index (κ1) is 10.5. The van der Waals surface area contributed by atoms with Crippen LogP contribution in [0.25, 0.3) is 0 Å². The zero-order chi connectivity index (χ0) is 11.3. The predicted molar refractivity (Wildman–Crippen MR) is 57.6 cm³/mol. The smallest absolute Gasteiger partial charge is 0.223 e. The number of hydrogen-bond donors (Lipinski definition) is 1. The van der Waals surface area contributed by atoms with E-state index in [1.54, 1.807) is 0 Å². The number of hydrogen-bond acceptors (Lipinski definition) is 3. The van der Waals surface area contributed by atoms with Crippen molar-refractivity contribution in [3.8, 4) is 0 Å². The molecule has 1 aliphatic carbocycles. The molecule has 3 rings (SSSR count). The van der Waals surface area contributed by atoms with Crippen molar-refractivity contribution in [2.45, 2.75) is 26.1 Å². The van der Waals surface area contributed by atoms with Gasteiger partial charge in [-0.05, 0) is 11.8 Å². The average Bonchev–Trinajstić information content (AvgIpc) is 2.83. The van der Waals surface area contributed by atoms with Gasteiger partial charge in [0.15, 0.2) is 5.79 Å². The van der Waals surface area contributed by atoms with E-state index in [-0.39, 0.29) is 11.8 Å². The largest absolute Gasteiger partial charge is 0.356 e. The Bertz CT molecular complexity index is 311. The van der Waals surface area contributed by atoms with E-state index in [4.69, 9.17) is 9.47 Å². The van der Waals surface area contributed by atoms with Gasteiger partial charge in [0.05, 0.1) is 13.2 Å². The molecule has 90 valence electrons. The maximum atomic E-state index is 11.7. The van der Waals surface area contributed by atoms with Gasteiger partial charge in [-0.1, -0.05) is 13.8 Å². The number of fused-ring (bicyclic) bond motifs is 1. The van der Waals surface area contributed by atoms with E-state index in [9.17, 15) is 4.79 Å². The van der Waals surface area contributed by atoms with Crippen molar-refractivity contribution in [3.05, 3.63) is 0 Å². The Morgan fingerprint density at radius 1 is 1.25 bits per heavy atom. The molecule has 0 aromatic rings. The van der Waals surface area contributed by atoms with Crippen LogP contribution in [0.1, 0.15) is 20.3 Å². The van der Waals surface area contributed by atoms with Crippen LogP contribution < -0.4 is 5.32 Å². The minimum absolute atomic E-state index is 0.0911. The Morgan fingerprint density at radius 2 is 1.94 bits per heavy atom. The van der Waals surface area contributed by atoms with Crippen LogP contribution >= 0.6 is 0 Å². The fourth-order valence-electron chi connectivity index (χ4n) is 3.66. The third-order valence-corrected chi connectivity index (χ3v) is 4.75. The highest BCUT2D eigenvalue weighted by atomic mass is 16.7. The number of carbonyl (C=O) groups is 1. The quantitative estimate of drug-likeness (QED) is 0.662. The molecule has 0 unspecified atom stereocenters. The van der Waals surface area contributed by atoms with Gasteiger partial charge >= 0.3 is 0 Å². The van der Waals surface area contributed by atoms with Crippen LogP contribution in [-0.4, -0.2) is 31.5 Å². The lowest BCUT2D eigenvalue weighted by molar-refractivity contribution is -0.182. The van der Waals surface area contributed by atoms with Crippen LogP contribution in [-0.2, 0) is 14.3 Å². The third kappa shape index (κ3) is 1.26. The second kappa shape index (κ2) is 3.44. The van der Waals surface area contributed by atoms with Crippen molar-refractivity contribution >= 4 is 5.91 Å². The highest BCUT2D eigenvalue weighted by Crippen LogP contribution is 2.52. The van der Waals surface area contributed by atoms with Gasteiger partial charge in [-0.15, -0.1) is 0 Å². The lowest BCUT2D eigenvalue weighted by Gasteiger charge is -2.33. The molecule has 3 aliphatic rings. The molecule has 0 bridgehead atoms. The van der Waals surface area contributed by atoms with Gasteiger partial charge in [0.2, 0.25) is 5.91 Å². The molecule has 3 fully saturated rings. The monoisotopic (exact) mass is 225 g/mol. The first-order valence-corrected chi connectivity index (χ1v) is 6.20. The van der Waals surface area contributed by atoms with E-state index < -0.39 is 5.79 Å². The summed E-state index contributed by atoms with van der Waals surface area (Å²) in [5.74, 6) is 1.18. The summed E-state index contributed by atoms with van der Waals surface area (Å²) >= 11 is 0. The minimum Gasteiger partial charge on any atom is -0.356 e. The van der Waals surface area contributed by atoms with Crippen LogP contribution in [0.15, 0.2) is 0 Å². The van der Waals surface area contributed by atoms with Crippen LogP contribution in [0, 0.1) is 23.7 Å². The number of rotatable bonds is 0. The fraction of sp³-hybridized carbons (Fsp3) is 0.917. The van der Waals surface area contributed by atoms with E-state index in [1.807, 2.05) is 6.92 Å². The Balaban J connectivity index is 1.87. The van der Waals surface area contributed by atoms with E-state index in [1.165, 1.54) is 0 Å². The molecule has 2 aliphatic heterocycles. The second-order valence-corrected chi connectivity index (χ2v) is 5.36. The normalized spacial score (nSPS) is 45.8. The summed E-state index contributed by atoms with van der Waals surface area (Å²) in [6.07, 6.45) is 0.882. The van der Waals surface area contributed by atoms with Crippen molar-refractivity contribution in [3.63, 3.8) is 0 Å². The van der Waals surface area contributed by atoms with Gasteiger partial charge in [-0.3, -0.25) is 4.79 Å². The molecule has 0 aromatic heterocycles. The lowest BCUT2D eigenvalue weighted by atomic mass is 9.79. The maximum Gasteiger partial charge on any atom is 0.223 e. The number of nitrogens with one attached hydrogen (secondary N) is 1. The van der Waals surface area contributed by atoms with E-state index >= 15 is 0 Å². The van der Waals surface area contributed by atoms with Gasteiger partial charge in [0, 0.05) is 24.8 Å².